The summed E-state index contributed by atoms with van der Waals surface area (Å²) in [6.45, 7) is 0. The average Bonchev–Trinajstić information content (AvgIpc) is 3.89. The molecule has 0 unspecified atom stereocenters. The fraction of sp³-hybridized carbons (Fsp3) is 0. The third kappa shape index (κ3) is 4.31. The van der Waals surface area contributed by atoms with E-state index in [0.29, 0.717) is 23.1 Å². The maximum atomic E-state index is 6.68. The Hall–Kier alpha value is -7.12. The zero-order valence-electron chi connectivity index (χ0n) is 26.9. The van der Waals surface area contributed by atoms with Crippen molar-refractivity contribution in [2.24, 2.45) is 0 Å². The Balaban J connectivity index is 1.15. The van der Waals surface area contributed by atoms with Crippen molar-refractivity contribution in [2.45, 2.75) is 0 Å². The van der Waals surface area contributed by atoms with Crippen LogP contribution in [0.3, 0.4) is 0 Å². The second kappa shape index (κ2) is 10.7. The summed E-state index contributed by atoms with van der Waals surface area (Å²) < 4.78 is 19.1. The van der Waals surface area contributed by atoms with E-state index in [4.69, 9.17) is 28.2 Å². The highest BCUT2D eigenvalue weighted by molar-refractivity contribution is 6.17. The van der Waals surface area contributed by atoms with Crippen molar-refractivity contribution >= 4 is 65.8 Å². The molecule has 0 aliphatic heterocycles. The van der Waals surface area contributed by atoms with E-state index in [0.717, 1.165) is 88.0 Å². The maximum Gasteiger partial charge on any atom is 0.167 e. The van der Waals surface area contributed by atoms with Gasteiger partial charge in [-0.25, -0.2) is 15.0 Å². The van der Waals surface area contributed by atoms with Crippen LogP contribution >= 0.6 is 0 Å². The first-order chi connectivity index (χ1) is 25.2. The summed E-state index contributed by atoms with van der Waals surface area (Å²) in [5, 5.41) is 6.26. The van der Waals surface area contributed by atoms with Crippen molar-refractivity contribution in [2.75, 3.05) is 0 Å². The summed E-state index contributed by atoms with van der Waals surface area (Å²) in [5.41, 5.74) is 9.28. The molecule has 0 amide bonds. The summed E-state index contributed by atoms with van der Waals surface area (Å²) in [6, 6.07) is 44.8. The molecule has 11 rings (SSSR count). The Kier molecular flexibility index (Phi) is 5.83. The number of hydrogen-bond acceptors (Lipinski definition) is 7. The van der Waals surface area contributed by atoms with Gasteiger partial charge >= 0.3 is 0 Å². The van der Waals surface area contributed by atoms with Crippen molar-refractivity contribution in [3.05, 3.63) is 146 Å². The fourth-order valence-corrected chi connectivity index (χ4v) is 7.25. The van der Waals surface area contributed by atoms with Crippen molar-refractivity contribution in [3.8, 4) is 45.3 Å². The number of fused-ring (bicyclic) bond motifs is 9. The van der Waals surface area contributed by atoms with Gasteiger partial charge in [-0.05, 0) is 71.8 Å². The van der Waals surface area contributed by atoms with Gasteiger partial charge in [0.2, 0.25) is 0 Å². The van der Waals surface area contributed by atoms with Gasteiger partial charge in [-0.1, -0.05) is 72.8 Å². The van der Waals surface area contributed by atoms with Gasteiger partial charge in [0, 0.05) is 55.8 Å². The van der Waals surface area contributed by atoms with Crippen LogP contribution in [-0.4, -0.2) is 19.9 Å². The van der Waals surface area contributed by atoms with E-state index >= 15 is 0 Å². The van der Waals surface area contributed by atoms with Crippen LogP contribution in [0, 0.1) is 0 Å². The molecule has 51 heavy (non-hydrogen) atoms. The maximum absolute atomic E-state index is 6.68. The molecule has 0 bridgehead atoms. The second-order valence-electron chi connectivity index (χ2n) is 12.6. The highest BCUT2D eigenvalue weighted by Gasteiger charge is 2.22. The van der Waals surface area contributed by atoms with E-state index in [9.17, 15) is 0 Å². The zero-order chi connectivity index (χ0) is 33.5. The van der Waals surface area contributed by atoms with Gasteiger partial charge in [0.05, 0.1) is 5.56 Å². The molecule has 0 saturated carbocycles. The van der Waals surface area contributed by atoms with Crippen LogP contribution < -0.4 is 0 Å². The Morgan fingerprint density at radius 1 is 0.373 bits per heavy atom. The molecular formula is C44H24N4O3. The molecular weight excluding hydrogens is 633 g/mol. The van der Waals surface area contributed by atoms with Crippen LogP contribution in [0.25, 0.3) is 111 Å². The molecule has 5 heterocycles. The first-order valence-corrected chi connectivity index (χ1v) is 16.7. The predicted octanol–water partition coefficient (Wildman–Crippen LogP) is 11.6. The van der Waals surface area contributed by atoms with Crippen LogP contribution in [0.5, 0.6) is 0 Å². The largest absolute Gasteiger partial charge is 0.456 e. The van der Waals surface area contributed by atoms with E-state index in [1.54, 1.807) is 12.4 Å². The molecule has 7 heteroatoms. The number of aromatic nitrogens is 4. The van der Waals surface area contributed by atoms with Crippen LogP contribution in [-0.2, 0) is 0 Å². The highest BCUT2D eigenvalue weighted by Crippen LogP contribution is 2.43. The third-order valence-corrected chi connectivity index (χ3v) is 9.65. The molecule has 6 aromatic carbocycles. The molecule has 0 radical (unpaired) electrons. The van der Waals surface area contributed by atoms with Crippen molar-refractivity contribution in [1.82, 2.24) is 19.9 Å². The lowest BCUT2D eigenvalue weighted by atomic mass is 9.95. The van der Waals surface area contributed by atoms with Crippen molar-refractivity contribution in [3.63, 3.8) is 0 Å². The van der Waals surface area contributed by atoms with Crippen LogP contribution in [0.1, 0.15) is 0 Å². The van der Waals surface area contributed by atoms with Crippen molar-refractivity contribution in [1.29, 1.82) is 0 Å². The lowest BCUT2D eigenvalue weighted by molar-refractivity contribution is 0.668. The summed E-state index contributed by atoms with van der Waals surface area (Å²) in [7, 11) is 0. The molecule has 0 spiro atoms. The first-order valence-electron chi connectivity index (χ1n) is 16.7. The smallest absolute Gasteiger partial charge is 0.167 e. The van der Waals surface area contributed by atoms with E-state index in [-0.39, 0.29) is 0 Å². The number of benzene rings is 6. The molecule has 11 aromatic rings. The number of hydrogen-bond donors (Lipinski definition) is 0. The standard InChI is InChI=1S/C44H24N4O3/c1-4-12-35-29(9-1)31-17-15-26(23-39(31)50-35)42-46-43(27-8-7-21-45-24-27)48-44(47-42)33-19-18-28(40-32-11-3-6-14-37(32)51-41(33)40)25-16-20-38-34(22-25)30-10-2-5-13-36(30)49-38/h1-24H. The van der Waals surface area contributed by atoms with Crippen LogP contribution in [0.2, 0.25) is 0 Å². The highest BCUT2D eigenvalue weighted by atomic mass is 16.3. The molecule has 0 aliphatic carbocycles. The van der Waals surface area contributed by atoms with E-state index in [1.807, 2.05) is 91.0 Å². The Bertz CT molecular complexity index is 3160. The summed E-state index contributed by atoms with van der Waals surface area (Å²) in [4.78, 5) is 19.4. The predicted molar refractivity (Wildman–Crippen MR) is 201 cm³/mol. The van der Waals surface area contributed by atoms with Gasteiger partial charge in [0.25, 0.3) is 0 Å². The number of pyridine rings is 1. The Morgan fingerprint density at radius 2 is 0.980 bits per heavy atom. The SMILES string of the molecule is c1cncc(-c2nc(-c3ccc4c(c3)oc3ccccc34)nc(-c3ccc(-c4ccc5oc6ccccc6c5c4)c4c3oc3ccccc34)n2)c1. The van der Waals surface area contributed by atoms with E-state index < -0.39 is 0 Å². The van der Waals surface area contributed by atoms with E-state index in [2.05, 4.69) is 47.4 Å². The average molecular weight is 657 g/mol. The lowest BCUT2D eigenvalue weighted by Gasteiger charge is -2.10. The molecule has 0 atom stereocenters. The zero-order valence-corrected chi connectivity index (χ0v) is 26.9. The van der Waals surface area contributed by atoms with Gasteiger partial charge in [-0.2, -0.15) is 0 Å². The lowest BCUT2D eigenvalue weighted by Crippen LogP contribution is -2.00. The molecule has 0 fully saturated rings. The van der Waals surface area contributed by atoms with Crippen LogP contribution in [0.4, 0.5) is 0 Å². The van der Waals surface area contributed by atoms with Gasteiger partial charge in [-0.15, -0.1) is 0 Å². The van der Waals surface area contributed by atoms with Gasteiger partial charge in [-0.3, -0.25) is 4.98 Å². The molecule has 7 nitrogen and oxygen atoms in total. The molecule has 0 aliphatic rings. The Morgan fingerprint density at radius 3 is 1.76 bits per heavy atom. The number of furan rings is 3. The minimum Gasteiger partial charge on any atom is -0.456 e. The van der Waals surface area contributed by atoms with Crippen LogP contribution in [0.15, 0.2) is 159 Å². The summed E-state index contributed by atoms with van der Waals surface area (Å²) in [5.74, 6) is 1.53. The third-order valence-electron chi connectivity index (χ3n) is 9.65. The van der Waals surface area contributed by atoms with Gasteiger partial charge in [0.1, 0.15) is 33.5 Å². The summed E-state index contributed by atoms with van der Waals surface area (Å²) >= 11 is 0. The minimum absolute atomic E-state index is 0.496. The minimum atomic E-state index is 0.496. The summed E-state index contributed by atoms with van der Waals surface area (Å²) in [6.07, 6.45) is 3.50. The second-order valence-corrected chi connectivity index (χ2v) is 12.6. The number of rotatable bonds is 4. The number of para-hydroxylation sites is 3. The molecule has 0 N–H and O–H groups in total. The van der Waals surface area contributed by atoms with Gasteiger partial charge < -0.3 is 13.3 Å². The normalized spacial score (nSPS) is 11.9. The van der Waals surface area contributed by atoms with Gasteiger partial charge in [0.15, 0.2) is 17.5 Å². The topological polar surface area (TPSA) is 91.0 Å². The quantitative estimate of drug-likeness (QED) is 0.186. The van der Waals surface area contributed by atoms with E-state index in [1.165, 1.54) is 0 Å². The fourth-order valence-electron chi connectivity index (χ4n) is 7.25. The number of nitrogens with zero attached hydrogens (tertiary/aromatic N) is 4. The monoisotopic (exact) mass is 656 g/mol. The first kappa shape index (κ1) is 27.8. The van der Waals surface area contributed by atoms with Crippen molar-refractivity contribution < 1.29 is 13.3 Å². The molecule has 238 valence electrons. The molecule has 0 saturated heterocycles. The molecule has 5 aromatic heterocycles. The Labute approximate surface area is 289 Å².